The topological polar surface area (TPSA) is 67.3 Å². The zero-order chi connectivity index (χ0) is 14.7. The van der Waals surface area contributed by atoms with E-state index in [9.17, 15) is 4.79 Å². The molecule has 0 spiro atoms. The fourth-order valence-corrected chi connectivity index (χ4v) is 2.19. The molecule has 1 aliphatic rings. The third kappa shape index (κ3) is 2.94. The van der Waals surface area contributed by atoms with Crippen LogP contribution in [0.2, 0.25) is 0 Å². The summed E-state index contributed by atoms with van der Waals surface area (Å²) < 4.78 is 4.92. The Labute approximate surface area is 122 Å². The van der Waals surface area contributed by atoms with E-state index in [4.69, 9.17) is 4.74 Å². The van der Waals surface area contributed by atoms with Gasteiger partial charge in [0.05, 0.1) is 12.6 Å². The molecular weight excluding hydrogens is 268 g/mol. The molecule has 0 aliphatic carbocycles. The molecule has 3 rings (SSSR count). The molecule has 1 aromatic carbocycles. The van der Waals surface area contributed by atoms with Crippen molar-refractivity contribution in [1.29, 1.82) is 0 Å². The van der Waals surface area contributed by atoms with Gasteiger partial charge in [-0.05, 0) is 18.6 Å². The lowest BCUT2D eigenvalue weighted by Gasteiger charge is -2.16. The van der Waals surface area contributed by atoms with E-state index in [1.165, 1.54) is 4.90 Å². The summed E-state index contributed by atoms with van der Waals surface area (Å²) in [6.45, 7) is 2.95. The van der Waals surface area contributed by atoms with E-state index in [0.717, 1.165) is 5.56 Å². The average molecular weight is 284 g/mol. The lowest BCUT2D eigenvalue weighted by molar-refractivity contribution is 0.181. The molecule has 1 N–H and O–H groups in total. The zero-order valence-electron chi connectivity index (χ0n) is 11.7. The lowest BCUT2D eigenvalue weighted by Crippen LogP contribution is -2.25. The van der Waals surface area contributed by atoms with Gasteiger partial charge >= 0.3 is 6.09 Å². The predicted octanol–water partition coefficient (Wildman–Crippen LogP) is 2.61. The molecule has 2 aromatic rings. The van der Waals surface area contributed by atoms with Crippen molar-refractivity contribution in [1.82, 2.24) is 9.97 Å². The van der Waals surface area contributed by atoms with Crippen LogP contribution in [0.15, 0.2) is 42.6 Å². The smallest absolute Gasteiger partial charge is 0.415 e. The molecule has 6 heteroatoms. The van der Waals surface area contributed by atoms with Crippen molar-refractivity contribution in [2.75, 3.05) is 23.4 Å². The van der Waals surface area contributed by atoms with Crippen molar-refractivity contribution in [3.05, 3.63) is 48.2 Å². The number of amides is 1. The third-order valence-electron chi connectivity index (χ3n) is 3.32. The molecule has 1 unspecified atom stereocenters. The maximum atomic E-state index is 11.6. The quantitative estimate of drug-likeness (QED) is 0.934. The average Bonchev–Trinajstić information content (AvgIpc) is 2.94. The van der Waals surface area contributed by atoms with E-state index in [-0.39, 0.29) is 12.1 Å². The molecule has 0 bridgehead atoms. The summed E-state index contributed by atoms with van der Waals surface area (Å²) in [7, 11) is 0. The molecule has 2 heterocycles. The number of rotatable bonds is 4. The van der Waals surface area contributed by atoms with Crippen LogP contribution in [-0.4, -0.2) is 29.2 Å². The first-order chi connectivity index (χ1) is 10.2. The first-order valence-corrected chi connectivity index (χ1v) is 6.83. The van der Waals surface area contributed by atoms with Gasteiger partial charge in [-0.1, -0.05) is 30.3 Å². The third-order valence-corrected chi connectivity index (χ3v) is 3.32. The van der Waals surface area contributed by atoms with Crippen molar-refractivity contribution in [2.45, 2.75) is 13.0 Å². The highest BCUT2D eigenvalue weighted by Gasteiger charge is 2.25. The van der Waals surface area contributed by atoms with Crippen molar-refractivity contribution < 1.29 is 9.53 Å². The second-order valence-corrected chi connectivity index (χ2v) is 4.78. The predicted molar refractivity (Wildman–Crippen MR) is 79.2 cm³/mol. The molecule has 1 aromatic heterocycles. The van der Waals surface area contributed by atoms with Gasteiger partial charge in [0.2, 0.25) is 5.95 Å². The van der Waals surface area contributed by atoms with Gasteiger partial charge in [-0.25, -0.2) is 9.78 Å². The van der Waals surface area contributed by atoms with Gasteiger partial charge in [-0.2, -0.15) is 4.98 Å². The number of hydrogen-bond acceptors (Lipinski definition) is 5. The number of nitrogens with zero attached hydrogens (tertiary/aromatic N) is 3. The zero-order valence-corrected chi connectivity index (χ0v) is 11.7. The van der Waals surface area contributed by atoms with Gasteiger partial charge < -0.3 is 10.1 Å². The summed E-state index contributed by atoms with van der Waals surface area (Å²) in [6.07, 6.45) is 1.27. The van der Waals surface area contributed by atoms with Crippen LogP contribution in [0, 0.1) is 0 Å². The maximum Gasteiger partial charge on any atom is 0.415 e. The van der Waals surface area contributed by atoms with Crippen LogP contribution in [0.25, 0.3) is 0 Å². The standard InChI is InChI=1S/C15H16N4O2/c1-11(12-5-3-2-4-6-12)17-14-16-8-7-13(18-14)19-9-10-21-15(19)20/h2-8,11H,9-10H2,1H3,(H,16,17,18). The first kappa shape index (κ1) is 13.4. The van der Waals surface area contributed by atoms with Crippen LogP contribution in [0.3, 0.4) is 0 Å². The number of carbonyl (C=O) groups excluding carboxylic acids is 1. The summed E-state index contributed by atoms with van der Waals surface area (Å²) in [5.74, 6) is 1.04. The molecule has 21 heavy (non-hydrogen) atoms. The number of anilines is 2. The minimum atomic E-state index is -0.365. The Balaban J connectivity index is 1.76. The Kier molecular flexibility index (Phi) is 3.68. The number of hydrogen-bond donors (Lipinski definition) is 1. The fraction of sp³-hybridized carbons (Fsp3) is 0.267. The molecule has 1 amide bonds. The van der Waals surface area contributed by atoms with Crippen molar-refractivity contribution in [3.63, 3.8) is 0 Å². The monoisotopic (exact) mass is 284 g/mol. The van der Waals surface area contributed by atoms with E-state index < -0.39 is 0 Å². The summed E-state index contributed by atoms with van der Waals surface area (Å²) >= 11 is 0. The van der Waals surface area contributed by atoms with Gasteiger partial charge in [0.25, 0.3) is 0 Å². The largest absolute Gasteiger partial charge is 0.447 e. The van der Waals surface area contributed by atoms with Crippen molar-refractivity contribution in [2.24, 2.45) is 0 Å². The second-order valence-electron chi connectivity index (χ2n) is 4.78. The second kappa shape index (κ2) is 5.78. The Morgan fingerprint density at radius 3 is 2.81 bits per heavy atom. The molecular formula is C15H16N4O2. The van der Waals surface area contributed by atoms with Crippen LogP contribution in [0.5, 0.6) is 0 Å². The molecule has 1 saturated heterocycles. The van der Waals surface area contributed by atoms with E-state index in [2.05, 4.69) is 15.3 Å². The number of ether oxygens (including phenoxy) is 1. The minimum absolute atomic E-state index is 0.0759. The van der Waals surface area contributed by atoms with Gasteiger partial charge in [0.1, 0.15) is 12.4 Å². The number of aromatic nitrogens is 2. The number of cyclic esters (lactones) is 1. The maximum absolute atomic E-state index is 11.6. The number of benzene rings is 1. The SMILES string of the molecule is CC(Nc1nccc(N2CCOC2=O)n1)c1ccccc1. The van der Waals surface area contributed by atoms with Crippen LogP contribution in [-0.2, 0) is 4.74 Å². The molecule has 1 atom stereocenters. The normalized spacial score (nSPS) is 15.7. The first-order valence-electron chi connectivity index (χ1n) is 6.83. The highest BCUT2D eigenvalue weighted by Crippen LogP contribution is 2.20. The van der Waals surface area contributed by atoms with Gasteiger partial charge in [-0.3, -0.25) is 4.90 Å². The Bertz CT molecular complexity index is 633. The summed E-state index contributed by atoms with van der Waals surface area (Å²) in [5.41, 5.74) is 1.15. The van der Waals surface area contributed by atoms with Crippen LogP contribution < -0.4 is 10.2 Å². The van der Waals surface area contributed by atoms with Gasteiger partial charge in [-0.15, -0.1) is 0 Å². The van der Waals surface area contributed by atoms with E-state index >= 15 is 0 Å². The Morgan fingerprint density at radius 1 is 1.29 bits per heavy atom. The Hall–Kier alpha value is -2.63. The van der Waals surface area contributed by atoms with Gasteiger partial charge in [0, 0.05) is 6.20 Å². The minimum Gasteiger partial charge on any atom is -0.447 e. The molecule has 6 nitrogen and oxygen atoms in total. The summed E-state index contributed by atoms with van der Waals surface area (Å²) in [6, 6.07) is 11.8. The number of carbonyl (C=O) groups is 1. The van der Waals surface area contributed by atoms with Crippen molar-refractivity contribution >= 4 is 17.9 Å². The van der Waals surface area contributed by atoms with E-state index in [1.807, 2.05) is 37.3 Å². The molecule has 1 fully saturated rings. The van der Waals surface area contributed by atoms with Crippen LogP contribution in [0.4, 0.5) is 16.6 Å². The highest BCUT2D eigenvalue weighted by molar-refractivity contribution is 5.88. The molecule has 0 radical (unpaired) electrons. The van der Waals surface area contributed by atoms with Crippen LogP contribution in [0.1, 0.15) is 18.5 Å². The fourth-order valence-electron chi connectivity index (χ4n) is 2.19. The molecule has 0 saturated carbocycles. The summed E-state index contributed by atoms with van der Waals surface area (Å²) in [4.78, 5) is 21.6. The Morgan fingerprint density at radius 2 is 2.10 bits per heavy atom. The van der Waals surface area contributed by atoms with E-state index in [0.29, 0.717) is 24.9 Å². The van der Waals surface area contributed by atoms with E-state index in [1.54, 1.807) is 12.3 Å². The molecule has 108 valence electrons. The van der Waals surface area contributed by atoms with Crippen molar-refractivity contribution in [3.8, 4) is 0 Å². The number of nitrogens with one attached hydrogen (secondary N) is 1. The highest BCUT2D eigenvalue weighted by atomic mass is 16.6. The lowest BCUT2D eigenvalue weighted by atomic mass is 10.1. The summed E-state index contributed by atoms with van der Waals surface area (Å²) in [5, 5.41) is 3.24. The van der Waals surface area contributed by atoms with Gasteiger partial charge in [0.15, 0.2) is 0 Å². The molecule has 1 aliphatic heterocycles. The van der Waals surface area contributed by atoms with Crippen LogP contribution >= 0.6 is 0 Å².